The quantitative estimate of drug-likeness (QED) is 0.777. The Morgan fingerprint density at radius 2 is 1.58 bits per heavy atom. The minimum atomic E-state index is 0.742. The molecule has 124 valence electrons. The van der Waals surface area contributed by atoms with E-state index in [4.69, 9.17) is 4.74 Å². The van der Waals surface area contributed by atoms with Gasteiger partial charge in [-0.05, 0) is 78.6 Å². The van der Waals surface area contributed by atoms with Crippen LogP contribution in [-0.4, -0.2) is 20.3 Å². The molecule has 0 spiro atoms. The number of anilines is 2. The third kappa shape index (κ3) is 3.11. The number of aryl methyl sites for hydroxylation is 2. The molecule has 0 amide bonds. The van der Waals surface area contributed by atoms with Crippen molar-refractivity contribution in [2.75, 3.05) is 25.2 Å². The summed E-state index contributed by atoms with van der Waals surface area (Å²) in [6.07, 6.45) is 8.35. The number of benzene rings is 2. The van der Waals surface area contributed by atoms with Crippen molar-refractivity contribution in [1.29, 1.82) is 0 Å². The molecule has 0 radical (unpaired) electrons. The van der Waals surface area contributed by atoms with Crippen LogP contribution in [0.5, 0.6) is 0 Å². The Bertz CT molecular complexity index is 745. The lowest BCUT2D eigenvalue weighted by Crippen LogP contribution is -2.11. The lowest BCUT2D eigenvalue weighted by Gasteiger charge is -2.23. The molecule has 0 fully saturated rings. The van der Waals surface area contributed by atoms with Gasteiger partial charge in [0.25, 0.3) is 0 Å². The van der Waals surface area contributed by atoms with E-state index >= 15 is 0 Å². The molecule has 1 heterocycles. The molecule has 2 aliphatic rings. The van der Waals surface area contributed by atoms with Crippen LogP contribution in [0.25, 0.3) is 5.57 Å². The number of hydrogen-bond acceptors (Lipinski definition) is 2. The monoisotopic (exact) mass is 319 g/mol. The smallest absolute Gasteiger partial charge is 0.0653 e. The second-order valence-corrected chi connectivity index (χ2v) is 6.82. The average molecular weight is 319 g/mol. The summed E-state index contributed by atoms with van der Waals surface area (Å²) in [6, 6.07) is 15.9. The Hall–Kier alpha value is -2.06. The van der Waals surface area contributed by atoms with Crippen LogP contribution >= 0.6 is 0 Å². The van der Waals surface area contributed by atoms with E-state index in [1.54, 1.807) is 5.56 Å². The molecular weight excluding hydrogens is 294 g/mol. The van der Waals surface area contributed by atoms with Crippen molar-refractivity contribution in [2.24, 2.45) is 0 Å². The number of fused-ring (bicyclic) bond motifs is 1. The molecule has 1 aliphatic heterocycles. The van der Waals surface area contributed by atoms with Crippen molar-refractivity contribution in [2.45, 2.75) is 32.1 Å². The second-order valence-electron chi connectivity index (χ2n) is 6.82. The summed E-state index contributed by atoms with van der Waals surface area (Å²) in [6.45, 7) is 1.58. The van der Waals surface area contributed by atoms with E-state index in [9.17, 15) is 0 Å². The van der Waals surface area contributed by atoms with Gasteiger partial charge in [0.2, 0.25) is 0 Å². The van der Waals surface area contributed by atoms with Gasteiger partial charge in [-0.1, -0.05) is 24.3 Å². The molecule has 0 aromatic heterocycles. The molecule has 1 aliphatic carbocycles. The van der Waals surface area contributed by atoms with E-state index in [0.29, 0.717) is 0 Å². The molecule has 2 nitrogen and oxygen atoms in total. The largest absolute Gasteiger partial charge is 0.377 e. The Kier molecular flexibility index (Phi) is 4.40. The summed E-state index contributed by atoms with van der Waals surface area (Å²) in [4.78, 5) is 2.29. The van der Waals surface area contributed by atoms with Crippen LogP contribution in [0.1, 0.15) is 36.0 Å². The highest BCUT2D eigenvalue weighted by molar-refractivity contribution is 5.70. The fraction of sp³-hybridized carbons (Fsp3) is 0.364. The summed E-state index contributed by atoms with van der Waals surface area (Å²) in [5.74, 6) is 0. The lowest BCUT2D eigenvalue weighted by molar-refractivity contribution is 0.161. The van der Waals surface area contributed by atoms with Crippen LogP contribution in [0.4, 0.5) is 11.4 Å². The summed E-state index contributed by atoms with van der Waals surface area (Å²) in [5, 5.41) is 0. The van der Waals surface area contributed by atoms with Crippen LogP contribution < -0.4 is 4.90 Å². The van der Waals surface area contributed by atoms with E-state index in [1.165, 1.54) is 53.8 Å². The van der Waals surface area contributed by atoms with E-state index < -0.39 is 0 Å². The molecule has 2 heteroatoms. The highest BCUT2D eigenvalue weighted by Gasteiger charge is 2.12. The van der Waals surface area contributed by atoms with Gasteiger partial charge in [0, 0.05) is 18.4 Å². The molecule has 0 saturated heterocycles. The zero-order valence-electron chi connectivity index (χ0n) is 14.4. The molecule has 0 atom stereocenters. The van der Waals surface area contributed by atoms with Crippen LogP contribution in [0, 0.1) is 0 Å². The molecule has 4 rings (SSSR count). The molecule has 0 bridgehead atoms. The van der Waals surface area contributed by atoms with Crippen LogP contribution in [0.15, 0.2) is 48.5 Å². The van der Waals surface area contributed by atoms with Gasteiger partial charge >= 0.3 is 0 Å². The molecule has 24 heavy (non-hydrogen) atoms. The maximum absolute atomic E-state index is 5.40. The van der Waals surface area contributed by atoms with Gasteiger partial charge in [-0.15, -0.1) is 0 Å². The first kappa shape index (κ1) is 15.5. The van der Waals surface area contributed by atoms with E-state index in [0.717, 1.165) is 19.6 Å². The SMILES string of the molecule is CN(c1ccc(C2=CCOCC2)cc1)c1ccc2c(c1)CCCC2. The Labute approximate surface area is 144 Å². The Morgan fingerprint density at radius 3 is 2.33 bits per heavy atom. The zero-order chi connectivity index (χ0) is 16.4. The van der Waals surface area contributed by atoms with Crippen molar-refractivity contribution < 1.29 is 4.74 Å². The Balaban J connectivity index is 1.56. The molecular formula is C22H25NO. The predicted octanol–water partition coefficient (Wildman–Crippen LogP) is 5.14. The number of ether oxygens (including phenoxy) is 1. The number of rotatable bonds is 3. The van der Waals surface area contributed by atoms with Crippen LogP contribution in [0.3, 0.4) is 0 Å². The van der Waals surface area contributed by atoms with Gasteiger partial charge < -0.3 is 9.64 Å². The summed E-state index contributed by atoms with van der Waals surface area (Å²) in [7, 11) is 2.16. The van der Waals surface area contributed by atoms with Crippen molar-refractivity contribution in [3.63, 3.8) is 0 Å². The maximum atomic E-state index is 5.40. The van der Waals surface area contributed by atoms with E-state index in [-0.39, 0.29) is 0 Å². The fourth-order valence-electron chi connectivity index (χ4n) is 3.77. The minimum Gasteiger partial charge on any atom is -0.377 e. The minimum absolute atomic E-state index is 0.742. The Morgan fingerprint density at radius 1 is 0.833 bits per heavy atom. The highest BCUT2D eigenvalue weighted by Crippen LogP contribution is 2.30. The first-order chi connectivity index (χ1) is 11.8. The van der Waals surface area contributed by atoms with Crippen molar-refractivity contribution in [3.8, 4) is 0 Å². The molecule has 2 aromatic rings. The molecule has 0 unspecified atom stereocenters. The standard InChI is InChI=1S/C22H25NO/c1-23(22-11-8-17-4-2-3-5-20(17)16-22)21-9-6-18(7-10-21)19-12-14-24-15-13-19/h6-12,16H,2-5,13-15H2,1H3. The second kappa shape index (κ2) is 6.82. The fourth-order valence-corrected chi connectivity index (χ4v) is 3.77. The lowest BCUT2D eigenvalue weighted by atomic mass is 9.91. The van der Waals surface area contributed by atoms with Crippen molar-refractivity contribution in [3.05, 3.63) is 65.2 Å². The normalized spacial score (nSPS) is 17.1. The predicted molar refractivity (Wildman–Crippen MR) is 101 cm³/mol. The van der Waals surface area contributed by atoms with Gasteiger partial charge in [0.05, 0.1) is 13.2 Å². The highest BCUT2D eigenvalue weighted by atomic mass is 16.5. The van der Waals surface area contributed by atoms with Crippen molar-refractivity contribution in [1.82, 2.24) is 0 Å². The third-order valence-electron chi connectivity index (χ3n) is 5.31. The van der Waals surface area contributed by atoms with E-state index in [2.05, 4.69) is 60.5 Å². The zero-order valence-corrected chi connectivity index (χ0v) is 14.4. The number of hydrogen-bond donors (Lipinski definition) is 0. The van der Waals surface area contributed by atoms with Gasteiger partial charge in [0.15, 0.2) is 0 Å². The summed E-state index contributed by atoms with van der Waals surface area (Å²) < 4.78 is 5.40. The third-order valence-corrected chi connectivity index (χ3v) is 5.31. The maximum Gasteiger partial charge on any atom is 0.0653 e. The van der Waals surface area contributed by atoms with Crippen LogP contribution in [-0.2, 0) is 17.6 Å². The van der Waals surface area contributed by atoms with Gasteiger partial charge in [-0.25, -0.2) is 0 Å². The van der Waals surface area contributed by atoms with E-state index in [1.807, 2.05) is 0 Å². The van der Waals surface area contributed by atoms with Crippen molar-refractivity contribution >= 4 is 16.9 Å². The number of nitrogens with zero attached hydrogens (tertiary/aromatic N) is 1. The molecule has 0 saturated carbocycles. The average Bonchev–Trinajstić information content (AvgIpc) is 2.68. The first-order valence-corrected chi connectivity index (χ1v) is 9.04. The van der Waals surface area contributed by atoms with Gasteiger partial charge in [-0.2, -0.15) is 0 Å². The van der Waals surface area contributed by atoms with Crippen LogP contribution in [0.2, 0.25) is 0 Å². The molecule has 0 N–H and O–H groups in total. The molecule has 2 aromatic carbocycles. The summed E-state index contributed by atoms with van der Waals surface area (Å²) in [5.41, 5.74) is 8.33. The topological polar surface area (TPSA) is 12.5 Å². The first-order valence-electron chi connectivity index (χ1n) is 9.04. The van der Waals surface area contributed by atoms with Gasteiger partial charge in [0.1, 0.15) is 0 Å². The van der Waals surface area contributed by atoms with Gasteiger partial charge in [-0.3, -0.25) is 0 Å². The summed E-state index contributed by atoms with van der Waals surface area (Å²) >= 11 is 0.